The Kier molecular flexibility index (Phi) is 11.5. The zero-order valence-corrected chi connectivity index (χ0v) is 22.7. The minimum Gasteiger partial charge on any atom is -0.481 e. The molecule has 0 aliphatic heterocycles. The van der Waals surface area contributed by atoms with Crippen molar-refractivity contribution in [2.45, 2.75) is 77.5 Å². The van der Waals surface area contributed by atoms with Crippen molar-refractivity contribution < 1.29 is 34.2 Å². The van der Waals surface area contributed by atoms with Crippen LogP contribution in [0, 0.1) is 11.8 Å². The summed E-state index contributed by atoms with van der Waals surface area (Å²) in [6.45, 7) is 6.97. The van der Waals surface area contributed by atoms with Crippen LogP contribution in [-0.2, 0) is 30.4 Å². The number of aliphatic carboxylic acids is 2. The van der Waals surface area contributed by atoms with Crippen molar-refractivity contribution in [2.75, 3.05) is 0 Å². The molecule has 39 heavy (non-hydrogen) atoms. The summed E-state index contributed by atoms with van der Waals surface area (Å²) in [5, 5.41) is 27.2. The van der Waals surface area contributed by atoms with E-state index >= 15 is 0 Å². The summed E-state index contributed by atoms with van der Waals surface area (Å²) >= 11 is 0. The lowest BCUT2D eigenvalue weighted by Crippen LogP contribution is -2.58. The van der Waals surface area contributed by atoms with Gasteiger partial charge in [0.1, 0.15) is 18.1 Å². The number of hydrogen-bond donors (Lipinski definition) is 7. The minimum atomic E-state index is -1.35. The first kappa shape index (κ1) is 31.3. The van der Waals surface area contributed by atoms with Crippen LogP contribution in [0.25, 0.3) is 10.9 Å². The Labute approximate surface area is 227 Å². The van der Waals surface area contributed by atoms with E-state index in [-0.39, 0.29) is 18.8 Å². The number of carboxylic acids is 2. The first-order chi connectivity index (χ1) is 18.3. The van der Waals surface area contributed by atoms with Crippen LogP contribution in [0.1, 0.15) is 52.5 Å². The van der Waals surface area contributed by atoms with Gasteiger partial charge in [0.25, 0.3) is 0 Å². The Balaban J connectivity index is 2.33. The molecule has 0 aliphatic rings. The maximum atomic E-state index is 13.5. The molecule has 0 bridgehead atoms. The number of fused-ring (bicyclic) bond motifs is 1. The van der Waals surface area contributed by atoms with Crippen LogP contribution in [0.5, 0.6) is 0 Å². The second-order valence-corrected chi connectivity index (χ2v) is 10.1. The molecule has 0 saturated carbocycles. The molecule has 0 fully saturated rings. The largest absolute Gasteiger partial charge is 0.481 e. The highest BCUT2D eigenvalue weighted by Gasteiger charge is 2.32. The molecule has 2 aromatic rings. The fraction of sp³-hybridized carbons (Fsp3) is 0.519. The molecule has 3 amide bonds. The Morgan fingerprint density at radius 2 is 1.54 bits per heavy atom. The number of carboxylic acid groups (broad SMARTS) is 2. The van der Waals surface area contributed by atoms with E-state index in [1.807, 2.05) is 24.3 Å². The van der Waals surface area contributed by atoms with Crippen molar-refractivity contribution in [2.24, 2.45) is 17.6 Å². The van der Waals surface area contributed by atoms with Gasteiger partial charge in [-0.3, -0.25) is 19.2 Å². The van der Waals surface area contributed by atoms with E-state index in [1.165, 1.54) is 0 Å². The van der Waals surface area contributed by atoms with Crippen LogP contribution in [0.3, 0.4) is 0 Å². The smallest absolute Gasteiger partial charge is 0.326 e. The summed E-state index contributed by atoms with van der Waals surface area (Å²) in [6.07, 6.45) is 1.52. The number of aromatic amines is 1. The third-order valence-corrected chi connectivity index (χ3v) is 6.81. The Bertz CT molecular complexity index is 1180. The van der Waals surface area contributed by atoms with Crippen LogP contribution >= 0.6 is 0 Å². The number of aromatic nitrogens is 1. The van der Waals surface area contributed by atoms with Gasteiger partial charge in [-0.2, -0.15) is 0 Å². The van der Waals surface area contributed by atoms with Crippen LogP contribution < -0.4 is 21.7 Å². The Morgan fingerprint density at radius 1 is 0.923 bits per heavy atom. The van der Waals surface area contributed by atoms with Gasteiger partial charge in [0.2, 0.25) is 17.7 Å². The molecular formula is C27H39N5O7. The minimum absolute atomic E-state index is 0.0598. The Hall–Kier alpha value is -3.93. The normalized spacial score (nSPS) is 15.1. The number of nitrogens with two attached hydrogens (primary N) is 1. The predicted molar refractivity (Wildman–Crippen MR) is 145 cm³/mol. The lowest BCUT2D eigenvalue weighted by molar-refractivity contribution is -0.144. The standard InChI is InChI=1S/C27H39N5O7/c1-5-15(4)23(27(38)39)32-24(35)19(10-11-21(33)34)30-25(36)20(31-26(37)22(28)14(2)3)12-16-13-29-18-9-7-6-8-17(16)18/h6-9,13-15,19-20,22-23,29H,5,10-12,28H2,1-4H3,(H,30,36)(H,31,37)(H,32,35)(H,33,34)(H,38,39). The number of hydrogen-bond acceptors (Lipinski definition) is 6. The van der Waals surface area contributed by atoms with E-state index in [0.29, 0.717) is 6.42 Å². The van der Waals surface area contributed by atoms with E-state index in [1.54, 1.807) is 33.9 Å². The van der Waals surface area contributed by atoms with Crippen molar-refractivity contribution in [1.82, 2.24) is 20.9 Å². The zero-order chi connectivity index (χ0) is 29.3. The molecule has 5 unspecified atom stereocenters. The van der Waals surface area contributed by atoms with Crippen LogP contribution in [-0.4, -0.2) is 69.0 Å². The number of para-hydroxylation sites is 1. The number of carbonyl (C=O) groups is 5. The summed E-state index contributed by atoms with van der Waals surface area (Å²) in [7, 11) is 0. The molecule has 5 atom stereocenters. The highest BCUT2D eigenvalue weighted by Crippen LogP contribution is 2.19. The van der Waals surface area contributed by atoms with Crippen molar-refractivity contribution in [3.8, 4) is 0 Å². The van der Waals surface area contributed by atoms with Crippen molar-refractivity contribution >= 4 is 40.6 Å². The topological polar surface area (TPSA) is 204 Å². The van der Waals surface area contributed by atoms with E-state index in [9.17, 15) is 34.2 Å². The van der Waals surface area contributed by atoms with E-state index < -0.39 is 66.2 Å². The second kappa shape index (κ2) is 14.3. The number of rotatable bonds is 15. The van der Waals surface area contributed by atoms with Gasteiger partial charge in [-0.05, 0) is 29.9 Å². The van der Waals surface area contributed by atoms with Gasteiger partial charge in [0, 0.05) is 29.9 Å². The molecule has 0 saturated heterocycles. The fourth-order valence-electron chi connectivity index (χ4n) is 4.05. The molecular weight excluding hydrogens is 506 g/mol. The average molecular weight is 546 g/mol. The monoisotopic (exact) mass is 545 g/mol. The molecule has 0 radical (unpaired) electrons. The predicted octanol–water partition coefficient (Wildman–Crippen LogP) is 1.14. The first-order valence-electron chi connectivity index (χ1n) is 13.0. The Morgan fingerprint density at radius 3 is 2.13 bits per heavy atom. The van der Waals surface area contributed by atoms with Gasteiger partial charge in [0.05, 0.1) is 6.04 Å². The van der Waals surface area contributed by atoms with Crippen LogP contribution in [0.15, 0.2) is 30.5 Å². The number of carbonyl (C=O) groups excluding carboxylic acids is 3. The van der Waals surface area contributed by atoms with E-state index in [2.05, 4.69) is 20.9 Å². The van der Waals surface area contributed by atoms with Gasteiger partial charge in [-0.1, -0.05) is 52.3 Å². The van der Waals surface area contributed by atoms with Gasteiger partial charge in [-0.15, -0.1) is 0 Å². The van der Waals surface area contributed by atoms with E-state index in [0.717, 1.165) is 16.5 Å². The second-order valence-electron chi connectivity index (χ2n) is 10.1. The molecule has 1 aromatic carbocycles. The molecule has 2 rings (SSSR count). The molecule has 214 valence electrons. The molecule has 1 aromatic heterocycles. The average Bonchev–Trinajstić information content (AvgIpc) is 3.30. The van der Waals surface area contributed by atoms with E-state index in [4.69, 9.17) is 5.73 Å². The van der Waals surface area contributed by atoms with Gasteiger partial charge in [0.15, 0.2) is 0 Å². The summed E-state index contributed by atoms with van der Waals surface area (Å²) in [5.41, 5.74) is 7.56. The number of amides is 3. The maximum Gasteiger partial charge on any atom is 0.326 e. The number of H-pyrrole nitrogens is 1. The first-order valence-corrected chi connectivity index (χ1v) is 13.0. The summed E-state index contributed by atoms with van der Waals surface area (Å²) in [4.78, 5) is 65.4. The maximum absolute atomic E-state index is 13.5. The highest BCUT2D eigenvalue weighted by atomic mass is 16.4. The summed E-state index contributed by atoms with van der Waals surface area (Å²) in [5.74, 6) is -5.16. The van der Waals surface area contributed by atoms with Crippen molar-refractivity contribution in [1.29, 1.82) is 0 Å². The lowest BCUT2D eigenvalue weighted by atomic mass is 9.98. The van der Waals surface area contributed by atoms with Crippen LogP contribution in [0.4, 0.5) is 0 Å². The zero-order valence-electron chi connectivity index (χ0n) is 22.7. The molecule has 0 aliphatic carbocycles. The van der Waals surface area contributed by atoms with Crippen LogP contribution in [0.2, 0.25) is 0 Å². The van der Waals surface area contributed by atoms with Crippen molar-refractivity contribution in [3.63, 3.8) is 0 Å². The van der Waals surface area contributed by atoms with Gasteiger partial charge >= 0.3 is 11.9 Å². The molecule has 0 spiro atoms. The SMILES string of the molecule is CCC(C)C(NC(=O)C(CCC(=O)O)NC(=O)C(Cc1c[nH]c2ccccc12)NC(=O)C(N)C(C)C)C(=O)O. The fourth-order valence-corrected chi connectivity index (χ4v) is 4.05. The highest BCUT2D eigenvalue weighted by molar-refractivity contribution is 5.95. The molecule has 12 heteroatoms. The van der Waals surface area contributed by atoms with Crippen molar-refractivity contribution in [3.05, 3.63) is 36.0 Å². The molecule has 12 nitrogen and oxygen atoms in total. The molecule has 1 heterocycles. The third-order valence-electron chi connectivity index (χ3n) is 6.81. The number of benzene rings is 1. The summed E-state index contributed by atoms with van der Waals surface area (Å²) < 4.78 is 0. The summed E-state index contributed by atoms with van der Waals surface area (Å²) in [6, 6.07) is 2.81. The third kappa shape index (κ3) is 8.81. The van der Waals surface area contributed by atoms with Gasteiger partial charge in [-0.25, -0.2) is 4.79 Å². The van der Waals surface area contributed by atoms with Gasteiger partial charge < -0.3 is 36.9 Å². The number of nitrogens with one attached hydrogen (secondary N) is 4. The molecule has 8 N–H and O–H groups in total. The quantitative estimate of drug-likeness (QED) is 0.172. The lowest BCUT2D eigenvalue weighted by Gasteiger charge is -2.26.